The third-order valence-electron chi connectivity index (χ3n) is 6.74. The quantitative estimate of drug-likeness (QED) is 0.108. The number of hydrogen-bond donors (Lipinski definition) is 6. The fraction of sp³-hybridized carbons (Fsp3) is 0.125. The van der Waals surface area contributed by atoms with Gasteiger partial charge in [0.05, 0.1) is 10.0 Å². The zero-order valence-electron chi connectivity index (χ0n) is 22.6. The maximum absolute atomic E-state index is 10.7. The largest absolute Gasteiger partial charge is 0.508 e. The van der Waals surface area contributed by atoms with Crippen LogP contribution >= 0.6 is 46.4 Å². The van der Waals surface area contributed by atoms with E-state index >= 15 is 0 Å². The van der Waals surface area contributed by atoms with Gasteiger partial charge in [0.25, 0.3) is 0 Å². The Morgan fingerprint density at radius 2 is 0.795 bits per heavy atom. The highest BCUT2D eigenvalue weighted by molar-refractivity contribution is 6.32. The molecule has 8 nitrogen and oxygen atoms in total. The standard InChI is InChI=1S/C32H24Cl4O8/c33-19-3-1-17-11-29(21(35)13-23(17)37)43-31-27(41)9-16(10-28(31)42)6-20(34)4-2-18-12-30(22(36)14-24(18)38)44-32-25(39)7-15(5-19)8-26(32)40/h3-4,7-14,37-42H,1-2,5-6H2/b19-3-,20-4+. The van der Waals surface area contributed by atoms with Crippen molar-refractivity contribution in [3.05, 3.63) is 103 Å². The van der Waals surface area contributed by atoms with Crippen LogP contribution in [0.2, 0.25) is 10.0 Å². The second-order valence-corrected chi connectivity index (χ2v) is 11.8. The molecule has 0 radical (unpaired) electrons. The van der Waals surface area contributed by atoms with Crippen molar-refractivity contribution in [3.63, 3.8) is 0 Å². The average molecular weight is 678 g/mol. The first-order chi connectivity index (χ1) is 20.9. The molecular formula is C32H24Cl4O8. The van der Waals surface area contributed by atoms with E-state index in [-0.39, 0.29) is 93.2 Å². The van der Waals surface area contributed by atoms with Gasteiger partial charge < -0.3 is 40.1 Å². The molecule has 44 heavy (non-hydrogen) atoms. The van der Waals surface area contributed by atoms with E-state index < -0.39 is 0 Å². The topological polar surface area (TPSA) is 140 Å². The number of benzene rings is 4. The van der Waals surface area contributed by atoms with E-state index in [4.69, 9.17) is 55.9 Å². The molecular weight excluding hydrogens is 654 g/mol. The number of hydrogen-bond acceptors (Lipinski definition) is 8. The third-order valence-corrected chi connectivity index (χ3v) is 7.91. The predicted molar refractivity (Wildman–Crippen MR) is 169 cm³/mol. The van der Waals surface area contributed by atoms with E-state index in [2.05, 4.69) is 0 Å². The molecule has 0 aromatic heterocycles. The van der Waals surface area contributed by atoms with Gasteiger partial charge in [-0.15, -0.1) is 0 Å². The molecule has 0 saturated carbocycles. The maximum Gasteiger partial charge on any atom is 0.210 e. The van der Waals surface area contributed by atoms with E-state index in [9.17, 15) is 30.6 Å². The van der Waals surface area contributed by atoms with E-state index in [1.807, 2.05) is 0 Å². The highest BCUT2D eigenvalue weighted by Gasteiger charge is 2.19. The van der Waals surface area contributed by atoms with Crippen LogP contribution in [0.1, 0.15) is 22.3 Å². The molecule has 4 aliphatic rings. The molecule has 4 heterocycles. The van der Waals surface area contributed by atoms with Gasteiger partial charge in [0, 0.05) is 46.2 Å². The highest BCUT2D eigenvalue weighted by atomic mass is 35.5. The van der Waals surface area contributed by atoms with Gasteiger partial charge in [-0.1, -0.05) is 58.6 Å². The van der Waals surface area contributed by atoms with Crippen LogP contribution in [0.25, 0.3) is 0 Å². The van der Waals surface area contributed by atoms with Crippen molar-refractivity contribution in [2.24, 2.45) is 0 Å². The number of phenolic OH excluding ortho intramolecular Hbond substituents is 6. The van der Waals surface area contributed by atoms with Crippen LogP contribution in [0.4, 0.5) is 0 Å². The Labute approximate surface area is 271 Å². The zero-order valence-corrected chi connectivity index (χ0v) is 25.6. The molecule has 8 bridgehead atoms. The lowest BCUT2D eigenvalue weighted by molar-refractivity contribution is 0.374. The first-order valence-electron chi connectivity index (χ1n) is 13.0. The number of ether oxygens (including phenoxy) is 2. The van der Waals surface area contributed by atoms with Crippen LogP contribution in [-0.2, 0) is 25.7 Å². The van der Waals surface area contributed by atoms with Gasteiger partial charge in [0.1, 0.15) is 23.0 Å². The van der Waals surface area contributed by atoms with Crippen LogP contribution < -0.4 is 9.47 Å². The number of rotatable bonds is 0. The van der Waals surface area contributed by atoms with Gasteiger partial charge in [-0.3, -0.25) is 0 Å². The summed E-state index contributed by atoms with van der Waals surface area (Å²) >= 11 is 25.5. The van der Waals surface area contributed by atoms with Crippen molar-refractivity contribution in [1.82, 2.24) is 0 Å². The zero-order chi connectivity index (χ0) is 31.7. The number of phenols is 6. The maximum atomic E-state index is 10.7. The molecule has 8 rings (SSSR count). The minimum Gasteiger partial charge on any atom is -0.508 e. The van der Waals surface area contributed by atoms with Crippen molar-refractivity contribution < 1.29 is 40.1 Å². The summed E-state index contributed by atoms with van der Waals surface area (Å²) in [6.07, 6.45) is 3.74. The summed E-state index contributed by atoms with van der Waals surface area (Å²) in [6, 6.07) is 10.9. The molecule has 0 amide bonds. The molecule has 6 N–H and O–H groups in total. The number of halogens is 4. The Kier molecular flexibility index (Phi) is 9.18. The van der Waals surface area contributed by atoms with Crippen LogP contribution in [0.3, 0.4) is 0 Å². The van der Waals surface area contributed by atoms with Crippen molar-refractivity contribution in [3.8, 4) is 57.5 Å². The molecule has 0 saturated heterocycles. The normalized spacial score (nSPS) is 16.2. The van der Waals surface area contributed by atoms with Gasteiger partial charge >= 0.3 is 0 Å². The minimum atomic E-state index is -0.373. The number of allylic oxidation sites excluding steroid dienone is 4. The Morgan fingerprint density at radius 3 is 1.14 bits per heavy atom. The lowest BCUT2D eigenvalue weighted by atomic mass is 10.1. The van der Waals surface area contributed by atoms with Crippen LogP contribution in [-0.4, -0.2) is 30.6 Å². The average Bonchev–Trinajstić information content (AvgIpc) is 2.93. The van der Waals surface area contributed by atoms with Crippen LogP contribution in [0.15, 0.2) is 70.7 Å². The second-order valence-electron chi connectivity index (χ2n) is 10.0. The molecule has 4 aliphatic heterocycles. The van der Waals surface area contributed by atoms with E-state index in [1.165, 1.54) is 48.5 Å². The molecule has 0 atom stereocenters. The minimum absolute atomic E-state index is 0.0264. The fourth-order valence-electron chi connectivity index (χ4n) is 4.57. The molecule has 4 aromatic carbocycles. The van der Waals surface area contributed by atoms with E-state index in [1.54, 1.807) is 12.2 Å². The van der Waals surface area contributed by atoms with E-state index in [0.717, 1.165) is 0 Å². The first kappa shape index (κ1) is 31.3. The Bertz CT molecular complexity index is 1650. The lowest BCUT2D eigenvalue weighted by Gasteiger charge is -2.15. The van der Waals surface area contributed by atoms with Crippen molar-refractivity contribution >= 4 is 46.4 Å². The molecule has 12 heteroatoms. The second kappa shape index (κ2) is 12.9. The predicted octanol–water partition coefficient (Wildman–Crippen LogP) is 8.94. The van der Waals surface area contributed by atoms with Gasteiger partial charge in [-0.25, -0.2) is 0 Å². The Balaban J connectivity index is 1.58. The summed E-state index contributed by atoms with van der Waals surface area (Å²) in [7, 11) is 0. The molecule has 0 fully saturated rings. The first-order valence-corrected chi connectivity index (χ1v) is 14.6. The van der Waals surface area contributed by atoms with Crippen LogP contribution in [0, 0.1) is 0 Å². The third kappa shape index (κ3) is 7.00. The van der Waals surface area contributed by atoms with Gasteiger partial charge in [-0.2, -0.15) is 0 Å². The molecule has 0 unspecified atom stereocenters. The molecule has 0 aliphatic carbocycles. The number of aromatic hydroxyl groups is 6. The summed E-state index contributed by atoms with van der Waals surface area (Å²) in [6.45, 7) is 0. The Hall–Kier alpha value is -4.08. The van der Waals surface area contributed by atoms with Crippen LogP contribution in [0.5, 0.6) is 57.5 Å². The van der Waals surface area contributed by atoms with Crippen molar-refractivity contribution in [1.29, 1.82) is 0 Å². The Morgan fingerprint density at radius 1 is 0.455 bits per heavy atom. The van der Waals surface area contributed by atoms with Crippen molar-refractivity contribution in [2.75, 3.05) is 0 Å². The molecule has 228 valence electrons. The summed E-state index contributed by atoms with van der Waals surface area (Å²) in [5.41, 5.74) is 1.67. The van der Waals surface area contributed by atoms with Gasteiger partial charge in [0.15, 0.2) is 23.0 Å². The lowest BCUT2D eigenvalue weighted by Crippen LogP contribution is -1.95. The SMILES string of the molecule is Oc1cc(Cl)c2cc1C/C=C(\Cl)Cc1cc(O)c(c(O)c1)Oc1cc(c(O)cc1Cl)C/C=C(/Cl)Cc1cc(O)c(c(O)c1)O2. The van der Waals surface area contributed by atoms with Gasteiger partial charge in [-0.05, 0) is 60.4 Å². The fourth-order valence-corrected chi connectivity index (χ4v) is 5.43. The smallest absolute Gasteiger partial charge is 0.210 e. The highest BCUT2D eigenvalue weighted by Crippen LogP contribution is 2.45. The summed E-state index contributed by atoms with van der Waals surface area (Å²) < 4.78 is 11.5. The molecule has 0 spiro atoms. The van der Waals surface area contributed by atoms with Gasteiger partial charge in [0.2, 0.25) is 11.5 Å². The summed E-state index contributed by atoms with van der Waals surface area (Å²) in [5, 5.41) is 64.3. The summed E-state index contributed by atoms with van der Waals surface area (Å²) in [4.78, 5) is 0. The molecule has 4 aromatic rings. The monoisotopic (exact) mass is 676 g/mol. The van der Waals surface area contributed by atoms with Crippen molar-refractivity contribution in [2.45, 2.75) is 25.7 Å². The summed E-state index contributed by atoms with van der Waals surface area (Å²) in [5.74, 6) is -2.16. The van der Waals surface area contributed by atoms with E-state index in [0.29, 0.717) is 32.3 Å².